The van der Waals surface area contributed by atoms with E-state index in [1.54, 1.807) is 18.5 Å². The number of piperidine rings is 1. The van der Waals surface area contributed by atoms with Crippen LogP contribution in [0.5, 0.6) is 11.5 Å². The van der Waals surface area contributed by atoms with E-state index in [2.05, 4.69) is 29.1 Å². The molecule has 1 aliphatic carbocycles. The average molecular weight is 566 g/mol. The Morgan fingerprint density at radius 1 is 1.17 bits per heavy atom. The lowest BCUT2D eigenvalue weighted by Gasteiger charge is -2.30. The molecule has 2 aliphatic rings. The molecule has 4 atom stereocenters. The molecular formula is C33H35N5O4. The SMILES string of the molecule is CC1C2N(C(=O)CN(C)Cc3ccc(Oc4ccccc4)cc3C=O)C(C(=O)NCc3cc4cnccc4[nH]3)C[C@]12C. The van der Waals surface area contributed by atoms with Gasteiger partial charge in [0.15, 0.2) is 6.29 Å². The van der Waals surface area contributed by atoms with Crippen LogP contribution in [-0.2, 0) is 22.7 Å². The summed E-state index contributed by atoms with van der Waals surface area (Å²) in [6.45, 7) is 5.21. The minimum atomic E-state index is -0.511. The molecule has 0 radical (unpaired) electrons. The van der Waals surface area contributed by atoms with Crippen molar-refractivity contribution < 1.29 is 19.1 Å². The summed E-state index contributed by atoms with van der Waals surface area (Å²) in [5.41, 5.74) is 3.11. The van der Waals surface area contributed by atoms with E-state index in [-0.39, 0.29) is 29.8 Å². The topological polar surface area (TPSA) is 108 Å². The molecule has 216 valence electrons. The van der Waals surface area contributed by atoms with Gasteiger partial charge in [0.05, 0.1) is 13.1 Å². The molecule has 42 heavy (non-hydrogen) atoms. The second kappa shape index (κ2) is 11.1. The molecule has 2 fully saturated rings. The Morgan fingerprint density at radius 3 is 2.74 bits per heavy atom. The van der Waals surface area contributed by atoms with Crippen LogP contribution in [0.3, 0.4) is 0 Å². The van der Waals surface area contributed by atoms with Crippen LogP contribution >= 0.6 is 0 Å². The molecule has 2 aromatic carbocycles. The maximum absolute atomic E-state index is 13.7. The van der Waals surface area contributed by atoms with E-state index in [0.717, 1.165) is 28.4 Å². The number of nitrogens with zero attached hydrogens (tertiary/aromatic N) is 3. The second-order valence-corrected chi connectivity index (χ2v) is 11.8. The van der Waals surface area contributed by atoms with Crippen LogP contribution in [0.1, 0.15) is 41.9 Å². The number of hydrogen-bond acceptors (Lipinski definition) is 6. The molecule has 9 heteroatoms. The molecule has 2 aromatic heterocycles. The van der Waals surface area contributed by atoms with Crippen LogP contribution in [0.15, 0.2) is 73.1 Å². The number of aldehydes is 1. The number of aromatic amines is 1. The Balaban J connectivity index is 1.10. The average Bonchev–Trinajstić information content (AvgIpc) is 3.29. The summed E-state index contributed by atoms with van der Waals surface area (Å²) in [6.07, 6.45) is 4.97. The summed E-state index contributed by atoms with van der Waals surface area (Å²) in [5, 5.41) is 4.03. The molecule has 0 spiro atoms. The zero-order valence-electron chi connectivity index (χ0n) is 24.0. The van der Waals surface area contributed by atoms with Gasteiger partial charge in [-0.1, -0.05) is 38.1 Å². The largest absolute Gasteiger partial charge is 0.457 e. The number of likely N-dealkylation sites (tertiary alicyclic amines) is 1. The smallest absolute Gasteiger partial charge is 0.243 e. The minimum Gasteiger partial charge on any atom is -0.457 e. The number of benzene rings is 2. The fourth-order valence-corrected chi connectivity index (χ4v) is 6.49. The highest BCUT2D eigenvalue weighted by Gasteiger charge is 2.69. The number of pyridine rings is 1. The number of hydrogen-bond donors (Lipinski definition) is 2. The predicted octanol–water partition coefficient (Wildman–Crippen LogP) is 4.54. The number of carbonyl (C=O) groups is 3. The normalized spacial score (nSPS) is 22.7. The predicted molar refractivity (Wildman–Crippen MR) is 159 cm³/mol. The van der Waals surface area contributed by atoms with Gasteiger partial charge >= 0.3 is 0 Å². The van der Waals surface area contributed by atoms with Gasteiger partial charge in [0, 0.05) is 47.1 Å². The fraction of sp³-hybridized carbons (Fsp3) is 0.333. The number of aromatic nitrogens is 2. The monoisotopic (exact) mass is 565 g/mol. The van der Waals surface area contributed by atoms with Crippen molar-refractivity contribution >= 4 is 29.0 Å². The lowest BCUT2D eigenvalue weighted by molar-refractivity contribution is -0.140. The van der Waals surface area contributed by atoms with Gasteiger partial charge in [-0.05, 0) is 66.8 Å². The third kappa shape index (κ3) is 5.27. The van der Waals surface area contributed by atoms with Gasteiger partial charge in [-0.15, -0.1) is 0 Å². The highest BCUT2D eigenvalue weighted by atomic mass is 16.5. The first kappa shape index (κ1) is 27.7. The molecule has 9 nitrogen and oxygen atoms in total. The molecule has 2 N–H and O–H groups in total. The first-order chi connectivity index (χ1) is 20.3. The van der Waals surface area contributed by atoms with Crippen LogP contribution in [0.4, 0.5) is 0 Å². The summed E-state index contributed by atoms with van der Waals surface area (Å²) >= 11 is 0. The van der Waals surface area contributed by atoms with Gasteiger partial charge in [0.1, 0.15) is 17.5 Å². The summed E-state index contributed by atoms with van der Waals surface area (Å²) in [5.74, 6) is 1.39. The zero-order chi connectivity index (χ0) is 29.4. The second-order valence-electron chi connectivity index (χ2n) is 11.8. The molecule has 1 aliphatic heterocycles. The summed E-state index contributed by atoms with van der Waals surface area (Å²) in [6, 6.07) is 18.2. The lowest BCUT2D eigenvalue weighted by atomic mass is 9.98. The Labute approximate surface area is 244 Å². The van der Waals surface area contributed by atoms with Crippen molar-refractivity contribution in [3.8, 4) is 11.5 Å². The molecule has 2 amide bonds. The van der Waals surface area contributed by atoms with Gasteiger partial charge in [-0.3, -0.25) is 24.3 Å². The van der Waals surface area contributed by atoms with Crippen molar-refractivity contribution in [3.05, 3.63) is 89.9 Å². The maximum atomic E-state index is 13.7. The van der Waals surface area contributed by atoms with E-state index < -0.39 is 6.04 Å². The van der Waals surface area contributed by atoms with E-state index in [1.165, 1.54) is 0 Å². The number of ether oxygens (including phenoxy) is 1. The van der Waals surface area contributed by atoms with Gasteiger partial charge in [0.2, 0.25) is 11.8 Å². The minimum absolute atomic E-state index is 0.0493. The van der Waals surface area contributed by atoms with Crippen molar-refractivity contribution in [2.75, 3.05) is 13.6 Å². The number of nitrogens with one attached hydrogen (secondary N) is 2. The maximum Gasteiger partial charge on any atom is 0.243 e. The molecule has 6 rings (SSSR count). The van der Waals surface area contributed by atoms with Crippen molar-refractivity contribution in [2.45, 2.75) is 45.4 Å². The van der Waals surface area contributed by atoms with Gasteiger partial charge in [-0.25, -0.2) is 0 Å². The summed E-state index contributed by atoms with van der Waals surface area (Å²) in [4.78, 5) is 50.1. The first-order valence-corrected chi connectivity index (χ1v) is 14.3. The molecule has 3 heterocycles. The van der Waals surface area contributed by atoms with Crippen LogP contribution < -0.4 is 10.1 Å². The third-order valence-corrected chi connectivity index (χ3v) is 8.94. The van der Waals surface area contributed by atoms with Crippen LogP contribution in [0.2, 0.25) is 0 Å². The number of para-hydroxylation sites is 1. The van der Waals surface area contributed by atoms with Crippen molar-refractivity contribution in [3.63, 3.8) is 0 Å². The third-order valence-electron chi connectivity index (χ3n) is 8.94. The Morgan fingerprint density at radius 2 is 1.98 bits per heavy atom. The lowest BCUT2D eigenvalue weighted by Crippen LogP contribution is -2.50. The Bertz CT molecular complexity index is 1600. The van der Waals surface area contributed by atoms with Crippen LogP contribution in [0, 0.1) is 11.3 Å². The first-order valence-electron chi connectivity index (χ1n) is 14.3. The molecule has 3 unspecified atom stereocenters. The van der Waals surface area contributed by atoms with E-state index in [4.69, 9.17) is 4.74 Å². The quantitative estimate of drug-likeness (QED) is 0.274. The molecular weight excluding hydrogens is 530 g/mol. The molecule has 0 bridgehead atoms. The van der Waals surface area contributed by atoms with Crippen LogP contribution in [0.25, 0.3) is 10.9 Å². The van der Waals surface area contributed by atoms with E-state index in [1.807, 2.05) is 71.4 Å². The van der Waals surface area contributed by atoms with E-state index in [9.17, 15) is 14.4 Å². The Hall–Kier alpha value is -4.50. The van der Waals surface area contributed by atoms with E-state index >= 15 is 0 Å². The zero-order valence-corrected chi connectivity index (χ0v) is 24.0. The number of fused-ring (bicyclic) bond motifs is 2. The number of likely N-dealkylation sites (N-methyl/N-ethyl adjacent to an activating group) is 1. The standard InChI is InChI=1S/C33H35N5O4/c1-21-31-33(21,2)15-29(32(41)35-17-25-13-23-16-34-12-11-28(23)36-25)38(31)30(40)19-37(3)18-22-9-10-27(14-24(22)20-39)42-26-7-5-4-6-8-26/h4-14,16,20-21,29,31,36H,15,17-19H2,1-3H3,(H,35,41)/t21?,29?,31?,33-/m1/s1. The van der Waals surface area contributed by atoms with E-state index in [0.29, 0.717) is 42.5 Å². The molecule has 4 aromatic rings. The molecule has 1 saturated carbocycles. The summed E-state index contributed by atoms with van der Waals surface area (Å²) in [7, 11) is 1.85. The fourth-order valence-electron chi connectivity index (χ4n) is 6.49. The molecule has 1 saturated heterocycles. The van der Waals surface area contributed by atoms with Gasteiger partial charge in [0.25, 0.3) is 0 Å². The van der Waals surface area contributed by atoms with Gasteiger partial charge in [-0.2, -0.15) is 0 Å². The number of amides is 2. The highest BCUT2D eigenvalue weighted by molar-refractivity contribution is 5.90. The van der Waals surface area contributed by atoms with Gasteiger partial charge < -0.3 is 19.9 Å². The highest BCUT2D eigenvalue weighted by Crippen LogP contribution is 2.63. The van der Waals surface area contributed by atoms with Crippen molar-refractivity contribution in [1.82, 2.24) is 25.1 Å². The van der Waals surface area contributed by atoms with Crippen molar-refractivity contribution in [1.29, 1.82) is 0 Å². The van der Waals surface area contributed by atoms with Crippen molar-refractivity contribution in [2.24, 2.45) is 11.3 Å². The number of H-pyrrole nitrogens is 1. The number of rotatable bonds is 10. The summed E-state index contributed by atoms with van der Waals surface area (Å²) < 4.78 is 5.87. The number of carbonyl (C=O) groups excluding carboxylic acids is 3. The Kier molecular flexibility index (Phi) is 7.28. The van der Waals surface area contributed by atoms with Crippen LogP contribution in [-0.4, -0.2) is 63.5 Å².